The summed E-state index contributed by atoms with van der Waals surface area (Å²) in [6.07, 6.45) is 3.29. The van der Waals surface area contributed by atoms with Gasteiger partial charge in [-0.25, -0.2) is 13.1 Å². The number of hydrogen-bond acceptors (Lipinski definition) is 3. The van der Waals surface area contributed by atoms with Crippen LogP contribution >= 0.6 is 15.9 Å². The number of rotatable bonds is 4. The average Bonchev–Trinajstić information content (AvgIpc) is 2.26. The van der Waals surface area contributed by atoms with Crippen LogP contribution in [0.2, 0.25) is 0 Å². The van der Waals surface area contributed by atoms with E-state index in [1.807, 2.05) is 6.92 Å². The van der Waals surface area contributed by atoms with Gasteiger partial charge in [-0.1, -0.05) is 22.9 Å². The summed E-state index contributed by atoms with van der Waals surface area (Å²) >= 11 is 3.34. The molecule has 7 heteroatoms. The van der Waals surface area contributed by atoms with Gasteiger partial charge in [0.25, 0.3) is 0 Å². The fraction of sp³-hybridized carbons (Fsp3) is 0.900. The van der Waals surface area contributed by atoms with Crippen molar-refractivity contribution in [3.8, 4) is 0 Å². The molecule has 0 aliphatic carbocycles. The van der Waals surface area contributed by atoms with Crippen molar-refractivity contribution in [2.24, 2.45) is 0 Å². The maximum Gasteiger partial charge on any atom is 0.236 e. The van der Waals surface area contributed by atoms with Crippen LogP contribution in [0, 0.1) is 0 Å². The van der Waals surface area contributed by atoms with E-state index in [-0.39, 0.29) is 16.8 Å². The van der Waals surface area contributed by atoms with Gasteiger partial charge in [-0.15, -0.1) is 0 Å². The van der Waals surface area contributed by atoms with E-state index in [9.17, 15) is 13.2 Å². The Morgan fingerprint density at radius 1 is 1.47 bits per heavy atom. The highest BCUT2D eigenvalue weighted by molar-refractivity contribution is 9.10. The minimum Gasteiger partial charge on any atom is -0.342 e. The number of hydrogen-bond donors (Lipinski definition) is 1. The molecule has 0 spiro atoms. The van der Waals surface area contributed by atoms with Crippen molar-refractivity contribution in [3.05, 3.63) is 0 Å². The molecule has 5 nitrogen and oxygen atoms in total. The SMILES string of the molecule is CCC(Br)C(=O)N1CCC(NS(C)(=O)=O)CC1. The maximum absolute atomic E-state index is 11.9. The van der Waals surface area contributed by atoms with Gasteiger partial charge in [-0.05, 0) is 19.3 Å². The second-order valence-corrected chi connectivity index (χ2v) is 7.25. The van der Waals surface area contributed by atoms with Crippen molar-refractivity contribution in [2.75, 3.05) is 19.3 Å². The highest BCUT2D eigenvalue weighted by Gasteiger charge is 2.26. The number of carbonyl (C=O) groups is 1. The van der Waals surface area contributed by atoms with Crippen LogP contribution < -0.4 is 4.72 Å². The van der Waals surface area contributed by atoms with Crippen LogP contribution in [0.5, 0.6) is 0 Å². The highest BCUT2D eigenvalue weighted by Crippen LogP contribution is 2.16. The lowest BCUT2D eigenvalue weighted by atomic mass is 10.1. The zero-order valence-corrected chi connectivity index (χ0v) is 12.6. The van der Waals surface area contributed by atoms with E-state index in [1.54, 1.807) is 4.90 Å². The molecule has 1 N–H and O–H groups in total. The van der Waals surface area contributed by atoms with Gasteiger partial charge < -0.3 is 4.90 Å². The van der Waals surface area contributed by atoms with Crippen molar-refractivity contribution in [1.82, 2.24) is 9.62 Å². The zero-order chi connectivity index (χ0) is 13.1. The topological polar surface area (TPSA) is 66.5 Å². The lowest BCUT2D eigenvalue weighted by molar-refractivity contribution is -0.131. The number of sulfonamides is 1. The van der Waals surface area contributed by atoms with Crippen LogP contribution in [0.25, 0.3) is 0 Å². The first-order chi connectivity index (χ1) is 7.83. The molecule has 1 amide bonds. The van der Waals surface area contributed by atoms with Crippen molar-refractivity contribution in [1.29, 1.82) is 0 Å². The van der Waals surface area contributed by atoms with Crippen molar-refractivity contribution < 1.29 is 13.2 Å². The summed E-state index contributed by atoms with van der Waals surface area (Å²) < 4.78 is 24.7. The van der Waals surface area contributed by atoms with Gasteiger partial charge in [0.15, 0.2) is 0 Å². The van der Waals surface area contributed by atoms with Crippen molar-refractivity contribution >= 4 is 31.9 Å². The summed E-state index contributed by atoms with van der Waals surface area (Å²) in [5.41, 5.74) is 0. The van der Waals surface area contributed by atoms with Gasteiger partial charge in [0.1, 0.15) is 0 Å². The lowest BCUT2D eigenvalue weighted by Gasteiger charge is -2.33. The van der Waals surface area contributed by atoms with Crippen molar-refractivity contribution in [3.63, 3.8) is 0 Å². The summed E-state index contributed by atoms with van der Waals surface area (Å²) in [5, 5.41) is 0. The molecule has 0 aromatic heterocycles. The monoisotopic (exact) mass is 326 g/mol. The van der Waals surface area contributed by atoms with Crippen LogP contribution in [-0.2, 0) is 14.8 Å². The minimum atomic E-state index is -3.15. The molecular weight excluding hydrogens is 308 g/mol. The molecule has 0 bridgehead atoms. The Labute approximate surface area is 111 Å². The number of piperidine rings is 1. The number of halogens is 1. The predicted molar refractivity (Wildman–Crippen MR) is 70.6 cm³/mol. The molecule has 0 radical (unpaired) electrons. The molecular formula is C10H19BrN2O3S. The summed E-state index contributed by atoms with van der Waals surface area (Å²) in [7, 11) is -3.15. The average molecular weight is 327 g/mol. The Balaban J connectivity index is 2.43. The fourth-order valence-corrected chi connectivity index (χ4v) is 3.02. The van der Waals surface area contributed by atoms with E-state index in [0.29, 0.717) is 25.9 Å². The molecule has 0 aromatic carbocycles. The van der Waals surface area contributed by atoms with Gasteiger partial charge in [-0.3, -0.25) is 4.79 Å². The van der Waals surface area contributed by atoms with Crippen LogP contribution in [0.3, 0.4) is 0 Å². The Kier molecular flexibility index (Phi) is 5.40. The first-order valence-electron chi connectivity index (χ1n) is 5.73. The fourth-order valence-electron chi connectivity index (χ4n) is 1.89. The first kappa shape index (κ1) is 14.9. The quantitative estimate of drug-likeness (QED) is 0.773. The number of amides is 1. The van der Waals surface area contributed by atoms with Crippen LogP contribution in [0.1, 0.15) is 26.2 Å². The van der Waals surface area contributed by atoms with Crippen molar-refractivity contribution in [2.45, 2.75) is 37.1 Å². The van der Waals surface area contributed by atoms with Gasteiger partial charge in [0.2, 0.25) is 15.9 Å². The van der Waals surface area contributed by atoms with E-state index in [1.165, 1.54) is 0 Å². The molecule has 1 saturated heterocycles. The molecule has 1 aliphatic rings. The third-order valence-corrected chi connectivity index (χ3v) is 4.61. The van der Waals surface area contributed by atoms with E-state index in [2.05, 4.69) is 20.7 Å². The van der Waals surface area contributed by atoms with E-state index in [4.69, 9.17) is 0 Å². The second kappa shape index (κ2) is 6.15. The smallest absolute Gasteiger partial charge is 0.236 e. The van der Waals surface area contributed by atoms with E-state index < -0.39 is 10.0 Å². The van der Waals surface area contributed by atoms with E-state index >= 15 is 0 Å². The number of nitrogens with one attached hydrogen (secondary N) is 1. The Morgan fingerprint density at radius 2 is 2.00 bits per heavy atom. The summed E-state index contributed by atoms with van der Waals surface area (Å²) in [6.45, 7) is 3.19. The number of nitrogens with zero attached hydrogens (tertiary/aromatic N) is 1. The number of alkyl halides is 1. The van der Waals surface area contributed by atoms with Gasteiger partial charge >= 0.3 is 0 Å². The third-order valence-electron chi connectivity index (χ3n) is 2.81. The lowest BCUT2D eigenvalue weighted by Crippen LogP contribution is -2.48. The van der Waals surface area contributed by atoms with Gasteiger partial charge in [0, 0.05) is 19.1 Å². The predicted octanol–water partition coefficient (Wildman–Crippen LogP) is 0.700. The van der Waals surface area contributed by atoms with Gasteiger partial charge in [-0.2, -0.15) is 0 Å². The van der Waals surface area contributed by atoms with Crippen LogP contribution in [0.15, 0.2) is 0 Å². The Hall–Kier alpha value is -0.140. The molecule has 17 heavy (non-hydrogen) atoms. The summed E-state index contributed by atoms with van der Waals surface area (Å²) in [6, 6.07) is -0.0375. The summed E-state index contributed by atoms with van der Waals surface area (Å²) in [5.74, 6) is 0.102. The number of likely N-dealkylation sites (tertiary alicyclic amines) is 1. The molecule has 1 atom stereocenters. The molecule has 1 heterocycles. The summed E-state index contributed by atoms with van der Waals surface area (Å²) in [4.78, 5) is 13.5. The molecule has 100 valence electrons. The molecule has 1 aliphatic heterocycles. The standard InChI is InChI=1S/C10H19BrN2O3S/c1-3-9(11)10(14)13-6-4-8(5-7-13)12-17(2,15)16/h8-9,12H,3-7H2,1-2H3. The minimum absolute atomic E-state index is 0.0375. The third kappa shape index (κ3) is 4.93. The van der Waals surface area contributed by atoms with Crippen LogP contribution in [-0.4, -0.2) is 49.4 Å². The largest absolute Gasteiger partial charge is 0.342 e. The molecule has 0 aromatic rings. The van der Waals surface area contributed by atoms with E-state index in [0.717, 1.165) is 12.7 Å². The zero-order valence-electron chi connectivity index (χ0n) is 10.1. The second-order valence-electron chi connectivity index (χ2n) is 4.37. The Bertz CT molecular complexity index is 364. The normalized spacial score (nSPS) is 20.3. The van der Waals surface area contributed by atoms with Crippen LogP contribution in [0.4, 0.5) is 0 Å². The molecule has 0 saturated carbocycles. The maximum atomic E-state index is 11.9. The highest BCUT2D eigenvalue weighted by atomic mass is 79.9. The number of carbonyl (C=O) groups excluding carboxylic acids is 1. The molecule has 1 rings (SSSR count). The molecule has 1 fully saturated rings. The first-order valence-corrected chi connectivity index (χ1v) is 8.54. The Morgan fingerprint density at radius 3 is 2.41 bits per heavy atom. The van der Waals surface area contributed by atoms with Gasteiger partial charge in [0.05, 0.1) is 11.1 Å². The molecule has 1 unspecified atom stereocenters.